The summed E-state index contributed by atoms with van der Waals surface area (Å²) in [6, 6.07) is 19.8. The number of hydrogen-bond acceptors (Lipinski definition) is 4. The predicted octanol–water partition coefficient (Wildman–Crippen LogP) is 4.57. The van der Waals surface area contributed by atoms with Crippen molar-refractivity contribution in [1.29, 1.82) is 0 Å². The Labute approximate surface area is 215 Å². The van der Waals surface area contributed by atoms with Crippen molar-refractivity contribution in [1.82, 2.24) is 4.90 Å². The number of piperidine rings is 3. The van der Waals surface area contributed by atoms with Crippen molar-refractivity contribution in [2.45, 2.75) is 57.1 Å². The molecule has 6 rings (SSSR count). The topological polar surface area (TPSA) is 58.6 Å². The van der Waals surface area contributed by atoms with Crippen LogP contribution in [0.25, 0.3) is 0 Å². The molecule has 192 valence electrons. The molecule has 36 heavy (non-hydrogen) atoms. The van der Waals surface area contributed by atoms with Crippen molar-refractivity contribution in [3.8, 4) is 0 Å². The molecule has 1 N–H and O–H groups in total. The lowest BCUT2D eigenvalue weighted by molar-refractivity contribution is -0.939. The zero-order valence-electron chi connectivity index (χ0n) is 21.5. The molecular weight excluding hydrogens is 450 g/mol. The van der Waals surface area contributed by atoms with Crippen LogP contribution in [-0.4, -0.2) is 66.6 Å². The van der Waals surface area contributed by atoms with Crippen LogP contribution in [0.4, 0.5) is 5.69 Å². The molecule has 0 aliphatic carbocycles. The number of esters is 1. The van der Waals surface area contributed by atoms with E-state index in [9.17, 15) is 9.59 Å². The molecule has 4 heterocycles. The van der Waals surface area contributed by atoms with Crippen LogP contribution < -0.4 is 5.32 Å². The van der Waals surface area contributed by atoms with Crippen LogP contribution in [0.5, 0.6) is 0 Å². The third-order valence-corrected chi connectivity index (χ3v) is 8.81. The fraction of sp³-hybridized carbons (Fsp3) is 0.533. The van der Waals surface area contributed by atoms with E-state index < -0.39 is 5.54 Å². The van der Waals surface area contributed by atoms with Crippen LogP contribution >= 0.6 is 0 Å². The minimum Gasteiger partial charge on any atom is -0.454 e. The third kappa shape index (κ3) is 5.21. The maximum Gasteiger partial charge on any atom is 0.331 e. The Hall–Kier alpha value is -2.70. The first-order valence-electron chi connectivity index (χ1n) is 13.7. The highest BCUT2D eigenvalue weighted by molar-refractivity contribution is 5.91. The van der Waals surface area contributed by atoms with E-state index in [-0.39, 0.29) is 18.0 Å². The number of carbonyl (C=O) groups is 2. The maximum absolute atomic E-state index is 14.0. The first-order valence-corrected chi connectivity index (χ1v) is 13.7. The van der Waals surface area contributed by atoms with Crippen LogP contribution in [0.2, 0.25) is 0 Å². The van der Waals surface area contributed by atoms with Gasteiger partial charge >= 0.3 is 5.97 Å². The Morgan fingerprint density at radius 1 is 0.944 bits per heavy atom. The number of nitrogens with zero attached hydrogens (tertiary/aromatic N) is 2. The van der Waals surface area contributed by atoms with Gasteiger partial charge in [0.25, 0.3) is 5.91 Å². The first kappa shape index (κ1) is 25.0. The number of carbonyl (C=O) groups excluding carboxylic acids is 2. The molecule has 0 saturated carbocycles. The number of benzene rings is 2. The van der Waals surface area contributed by atoms with Crippen molar-refractivity contribution in [3.63, 3.8) is 0 Å². The molecule has 4 aliphatic heterocycles. The van der Waals surface area contributed by atoms with E-state index in [1.807, 2.05) is 48.5 Å². The number of ether oxygens (including phenoxy) is 1. The van der Waals surface area contributed by atoms with Crippen LogP contribution in [0.15, 0.2) is 60.7 Å². The highest BCUT2D eigenvalue weighted by Crippen LogP contribution is 2.38. The fourth-order valence-corrected chi connectivity index (χ4v) is 6.57. The number of amides is 1. The summed E-state index contributed by atoms with van der Waals surface area (Å²) in [5, 5.41) is 3.05. The molecule has 4 saturated heterocycles. The molecule has 0 aromatic heterocycles. The second-order valence-electron chi connectivity index (χ2n) is 11.2. The quantitative estimate of drug-likeness (QED) is 0.456. The van der Waals surface area contributed by atoms with Crippen molar-refractivity contribution < 1.29 is 18.8 Å². The number of quaternary nitrogens is 1. The summed E-state index contributed by atoms with van der Waals surface area (Å²) in [4.78, 5) is 29.3. The largest absolute Gasteiger partial charge is 0.454 e. The Morgan fingerprint density at radius 3 is 2.19 bits per heavy atom. The van der Waals surface area contributed by atoms with Gasteiger partial charge in [0.05, 0.1) is 13.1 Å². The van der Waals surface area contributed by atoms with Gasteiger partial charge < -0.3 is 14.5 Å². The smallest absolute Gasteiger partial charge is 0.331 e. The van der Waals surface area contributed by atoms with Crippen molar-refractivity contribution in [3.05, 3.63) is 66.2 Å². The highest BCUT2D eigenvalue weighted by atomic mass is 16.5. The predicted molar refractivity (Wildman–Crippen MR) is 141 cm³/mol. The highest BCUT2D eigenvalue weighted by Gasteiger charge is 2.51. The van der Waals surface area contributed by atoms with Crippen LogP contribution in [0.1, 0.15) is 51.0 Å². The van der Waals surface area contributed by atoms with Crippen LogP contribution in [0, 0.1) is 5.92 Å². The molecule has 1 amide bonds. The molecule has 2 bridgehead atoms. The van der Waals surface area contributed by atoms with E-state index in [4.69, 9.17) is 4.74 Å². The Balaban J connectivity index is 1.31. The van der Waals surface area contributed by atoms with Gasteiger partial charge in [-0.15, -0.1) is 0 Å². The van der Waals surface area contributed by atoms with Gasteiger partial charge in [-0.3, -0.25) is 9.69 Å². The summed E-state index contributed by atoms with van der Waals surface area (Å²) >= 11 is 0. The Kier molecular flexibility index (Phi) is 7.44. The molecule has 0 spiro atoms. The van der Waals surface area contributed by atoms with Crippen molar-refractivity contribution in [2.75, 3.05) is 44.6 Å². The van der Waals surface area contributed by atoms with E-state index in [2.05, 4.69) is 29.3 Å². The third-order valence-electron chi connectivity index (χ3n) is 8.81. The summed E-state index contributed by atoms with van der Waals surface area (Å²) in [5.74, 6) is 0.279. The Bertz CT molecular complexity index is 1030. The van der Waals surface area contributed by atoms with Crippen LogP contribution in [-0.2, 0) is 19.9 Å². The molecule has 4 fully saturated rings. The zero-order chi connectivity index (χ0) is 25.0. The first-order chi connectivity index (χ1) is 17.5. The number of likely N-dealkylation sites (tertiary alicyclic amines) is 1. The zero-order valence-corrected chi connectivity index (χ0v) is 21.5. The van der Waals surface area contributed by atoms with Gasteiger partial charge in [-0.25, -0.2) is 4.79 Å². The Morgan fingerprint density at radius 2 is 1.56 bits per heavy atom. The number of hydrogen-bond donors (Lipinski definition) is 1. The summed E-state index contributed by atoms with van der Waals surface area (Å²) in [6.45, 7) is 6.98. The second kappa shape index (κ2) is 10.7. The van der Waals surface area contributed by atoms with Gasteiger partial charge in [-0.1, -0.05) is 61.4 Å². The molecule has 4 aliphatic rings. The van der Waals surface area contributed by atoms with Gasteiger partial charge in [-0.2, -0.15) is 0 Å². The van der Waals surface area contributed by atoms with E-state index >= 15 is 0 Å². The van der Waals surface area contributed by atoms with Crippen molar-refractivity contribution >= 4 is 17.6 Å². The average molecular weight is 491 g/mol. The normalized spacial score (nSPS) is 28.0. The SMILES string of the molecule is CC(C(=O)O[C@H]1C[N+]2(CC(=O)Nc3ccccc3)CCC1CC2)(c1ccccc1)N1CCCCCC1. The maximum atomic E-state index is 14.0. The number of para-hydroxylation sites is 1. The van der Waals surface area contributed by atoms with E-state index in [0.29, 0.717) is 16.9 Å². The molecule has 0 radical (unpaired) electrons. The lowest BCUT2D eigenvalue weighted by atomic mass is 9.82. The minimum absolute atomic E-state index is 0.0327. The van der Waals surface area contributed by atoms with Gasteiger partial charge in [-0.05, 0) is 50.6 Å². The summed E-state index contributed by atoms with van der Waals surface area (Å²) in [7, 11) is 0. The number of rotatable bonds is 7. The molecular formula is C30H40N3O3+. The number of fused-ring (bicyclic) bond motifs is 3. The average Bonchev–Trinajstić information content (AvgIpc) is 3.20. The summed E-state index contributed by atoms with van der Waals surface area (Å²) in [6.07, 6.45) is 6.51. The second-order valence-corrected chi connectivity index (χ2v) is 11.2. The summed E-state index contributed by atoms with van der Waals surface area (Å²) in [5.41, 5.74) is 1.03. The lowest BCUT2D eigenvalue weighted by Gasteiger charge is -2.52. The van der Waals surface area contributed by atoms with Crippen molar-refractivity contribution in [2.24, 2.45) is 5.92 Å². The van der Waals surface area contributed by atoms with Gasteiger partial charge in [0.2, 0.25) is 0 Å². The van der Waals surface area contributed by atoms with Gasteiger partial charge in [0.15, 0.2) is 12.6 Å². The van der Waals surface area contributed by atoms with Crippen LogP contribution in [0.3, 0.4) is 0 Å². The summed E-state index contributed by atoms with van der Waals surface area (Å²) < 4.78 is 7.14. The monoisotopic (exact) mass is 490 g/mol. The lowest BCUT2D eigenvalue weighted by Crippen LogP contribution is -2.66. The van der Waals surface area contributed by atoms with E-state index in [1.165, 1.54) is 12.8 Å². The molecule has 6 nitrogen and oxygen atoms in total. The number of nitrogens with one attached hydrogen (secondary N) is 1. The molecule has 2 aromatic carbocycles. The standard InChI is InChI=1S/C30H39N3O3/c1-30(25-12-6-4-7-13-25,32-18-10-2-3-11-19-32)29(35)36-27-22-33(20-16-24(27)17-21-33)23-28(34)31-26-14-8-5-9-15-26/h4-9,12-15,24,27H,2-3,10-11,16-23H2,1H3/p+1/t24?,27-,30?,33?/m0/s1. The fourth-order valence-electron chi connectivity index (χ4n) is 6.57. The number of anilines is 1. The molecule has 2 aromatic rings. The van der Waals surface area contributed by atoms with Gasteiger partial charge in [0, 0.05) is 24.4 Å². The molecule has 6 heteroatoms. The molecule has 2 atom stereocenters. The van der Waals surface area contributed by atoms with Gasteiger partial charge in [0.1, 0.15) is 12.1 Å². The van der Waals surface area contributed by atoms with E-state index in [0.717, 1.165) is 69.7 Å². The molecule has 1 unspecified atom stereocenters. The minimum atomic E-state index is -0.798. The van der Waals surface area contributed by atoms with E-state index in [1.54, 1.807) is 0 Å².